The lowest BCUT2D eigenvalue weighted by Gasteiger charge is -2.25. The van der Waals surface area contributed by atoms with Crippen molar-refractivity contribution in [2.75, 3.05) is 30.0 Å². The van der Waals surface area contributed by atoms with Gasteiger partial charge in [0, 0.05) is 25.8 Å². The first-order valence-electron chi connectivity index (χ1n) is 7.14. The molecule has 0 saturated carbocycles. The lowest BCUT2D eigenvalue weighted by atomic mass is 10.2. The summed E-state index contributed by atoms with van der Waals surface area (Å²) in [5, 5.41) is 8.81. The van der Waals surface area contributed by atoms with E-state index in [2.05, 4.69) is 40.2 Å². The molecule has 0 aliphatic heterocycles. The van der Waals surface area contributed by atoms with Crippen LogP contribution in [0, 0.1) is 17.2 Å². The second kappa shape index (κ2) is 9.10. The van der Waals surface area contributed by atoms with Crippen LogP contribution in [-0.2, 0) is 11.3 Å². The maximum atomic E-state index is 8.81. The van der Waals surface area contributed by atoms with Gasteiger partial charge in [0.25, 0.3) is 0 Å². The summed E-state index contributed by atoms with van der Waals surface area (Å²) in [6.45, 7) is 8.56. The van der Waals surface area contributed by atoms with Crippen molar-refractivity contribution < 1.29 is 4.74 Å². The molecule has 0 radical (unpaired) electrons. The van der Waals surface area contributed by atoms with Crippen LogP contribution in [0.5, 0.6) is 0 Å². The fraction of sp³-hybridized carbons (Fsp3) is 0.643. The molecule has 7 nitrogen and oxygen atoms in total. The third-order valence-electron chi connectivity index (χ3n) is 2.75. The topological polar surface area (TPSA) is 100 Å². The molecule has 1 aromatic heterocycles. The minimum absolute atomic E-state index is 0.340. The predicted molar refractivity (Wildman–Crippen MR) is 82.5 cm³/mol. The van der Waals surface area contributed by atoms with Gasteiger partial charge in [-0.05, 0) is 12.8 Å². The first-order chi connectivity index (χ1) is 10.1. The highest BCUT2D eigenvalue weighted by molar-refractivity contribution is 5.49. The molecule has 21 heavy (non-hydrogen) atoms. The quantitative estimate of drug-likeness (QED) is 0.527. The number of nitrogens with one attached hydrogen (secondary N) is 1. The van der Waals surface area contributed by atoms with Gasteiger partial charge in [0.05, 0.1) is 12.5 Å². The highest BCUT2D eigenvalue weighted by Crippen LogP contribution is 2.18. The van der Waals surface area contributed by atoms with Crippen LogP contribution in [0.1, 0.15) is 33.0 Å². The summed E-state index contributed by atoms with van der Waals surface area (Å²) in [5.74, 6) is 7.81. The molecule has 0 saturated heterocycles. The molecular formula is C14H24N6O. The Balaban J connectivity index is 3.00. The van der Waals surface area contributed by atoms with E-state index in [1.807, 2.05) is 6.92 Å². The Kier molecular flexibility index (Phi) is 7.43. The molecule has 0 atom stereocenters. The van der Waals surface area contributed by atoms with Crippen LogP contribution in [0.4, 0.5) is 11.6 Å². The Morgan fingerprint density at radius 2 is 2.24 bits per heavy atom. The number of hydrogen-bond donors (Lipinski definition) is 2. The number of ether oxygens (including phenoxy) is 1. The van der Waals surface area contributed by atoms with E-state index in [1.165, 1.54) is 0 Å². The highest BCUT2D eigenvalue weighted by atomic mass is 16.5. The standard InChI is InChI=1S/C14H24N6O/c1-4-21-10-13-17-12(19-16)8-14(18-13)20(7-5-6-15)9-11(2)3/h8,11H,4-5,7,9-10,16H2,1-3H3,(H,17,18,19). The molecule has 1 rings (SSSR count). The van der Waals surface area contributed by atoms with Crippen LogP contribution < -0.4 is 16.2 Å². The van der Waals surface area contributed by atoms with E-state index in [0.717, 1.165) is 12.4 Å². The zero-order valence-corrected chi connectivity index (χ0v) is 13.0. The van der Waals surface area contributed by atoms with Gasteiger partial charge in [-0.1, -0.05) is 13.8 Å². The molecule has 3 N–H and O–H groups in total. The number of rotatable bonds is 9. The third-order valence-corrected chi connectivity index (χ3v) is 2.75. The molecule has 0 aliphatic rings. The Bertz CT molecular complexity index is 471. The molecule has 1 aromatic rings. The smallest absolute Gasteiger partial charge is 0.158 e. The Morgan fingerprint density at radius 3 is 2.81 bits per heavy atom. The maximum Gasteiger partial charge on any atom is 0.158 e. The minimum atomic E-state index is 0.340. The fourth-order valence-electron chi connectivity index (χ4n) is 1.90. The van der Waals surface area contributed by atoms with Gasteiger partial charge >= 0.3 is 0 Å². The van der Waals surface area contributed by atoms with Crippen molar-refractivity contribution >= 4 is 11.6 Å². The highest BCUT2D eigenvalue weighted by Gasteiger charge is 2.13. The zero-order valence-electron chi connectivity index (χ0n) is 13.0. The number of anilines is 2. The lowest BCUT2D eigenvalue weighted by Crippen LogP contribution is -2.30. The van der Waals surface area contributed by atoms with Gasteiger partial charge in [-0.15, -0.1) is 0 Å². The van der Waals surface area contributed by atoms with Gasteiger partial charge in [0.1, 0.15) is 18.2 Å². The molecule has 0 aliphatic carbocycles. The fourth-order valence-corrected chi connectivity index (χ4v) is 1.90. The number of hydrazine groups is 1. The van der Waals surface area contributed by atoms with E-state index in [1.54, 1.807) is 6.07 Å². The Morgan fingerprint density at radius 1 is 1.48 bits per heavy atom. The van der Waals surface area contributed by atoms with E-state index in [-0.39, 0.29) is 0 Å². The molecule has 0 spiro atoms. The number of nitrogens with zero attached hydrogens (tertiary/aromatic N) is 4. The summed E-state index contributed by atoms with van der Waals surface area (Å²) in [5.41, 5.74) is 2.55. The summed E-state index contributed by atoms with van der Waals surface area (Å²) in [6, 6.07) is 3.96. The van der Waals surface area contributed by atoms with Gasteiger partial charge < -0.3 is 15.1 Å². The van der Waals surface area contributed by atoms with Crippen molar-refractivity contribution in [2.24, 2.45) is 11.8 Å². The van der Waals surface area contributed by atoms with E-state index in [0.29, 0.717) is 43.7 Å². The van der Waals surface area contributed by atoms with Crippen LogP contribution in [0.3, 0.4) is 0 Å². The largest absolute Gasteiger partial charge is 0.374 e. The second-order valence-corrected chi connectivity index (χ2v) is 5.06. The van der Waals surface area contributed by atoms with Crippen molar-refractivity contribution in [2.45, 2.75) is 33.8 Å². The summed E-state index contributed by atoms with van der Waals surface area (Å²) in [4.78, 5) is 10.9. The van der Waals surface area contributed by atoms with E-state index in [4.69, 9.17) is 15.8 Å². The molecule has 0 fully saturated rings. The first-order valence-corrected chi connectivity index (χ1v) is 7.14. The van der Waals surface area contributed by atoms with E-state index < -0.39 is 0 Å². The first kappa shape index (κ1) is 17.1. The third kappa shape index (κ3) is 5.94. The molecule has 0 bridgehead atoms. The molecule has 116 valence electrons. The number of nitrogens with two attached hydrogens (primary N) is 1. The summed E-state index contributed by atoms with van der Waals surface area (Å²) in [6.07, 6.45) is 0.447. The average molecular weight is 292 g/mol. The Hall–Kier alpha value is -1.91. The van der Waals surface area contributed by atoms with Crippen LogP contribution in [-0.4, -0.2) is 29.7 Å². The lowest BCUT2D eigenvalue weighted by molar-refractivity contribution is 0.128. The summed E-state index contributed by atoms with van der Waals surface area (Å²) >= 11 is 0. The SMILES string of the molecule is CCOCc1nc(NN)cc(N(CCC#N)CC(C)C)n1. The van der Waals surface area contributed by atoms with Crippen LogP contribution in [0.15, 0.2) is 6.07 Å². The zero-order chi connectivity index (χ0) is 15.7. The summed E-state index contributed by atoms with van der Waals surface area (Å²) in [7, 11) is 0. The van der Waals surface area contributed by atoms with Gasteiger partial charge in [-0.2, -0.15) is 5.26 Å². The van der Waals surface area contributed by atoms with Gasteiger partial charge in [-0.25, -0.2) is 15.8 Å². The van der Waals surface area contributed by atoms with Gasteiger partial charge in [-0.3, -0.25) is 0 Å². The molecular weight excluding hydrogens is 268 g/mol. The van der Waals surface area contributed by atoms with Crippen LogP contribution >= 0.6 is 0 Å². The normalized spacial score (nSPS) is 10.5. The number of hydrogen-bond acceptors (Lipinski definition) is 7. The van der Waals surface area contributed by atoms with Crippen molar-refractivity contribution in [3.8, 4) is 6.07 Å². The van der Waals surface area contributed by atoms with E-state index in [9.17, 15) is 0 Å². The van der Waals surface area contributed by atoms with Crippen LogP contribution in [0.25, 0.3) is 0 Å². The minimum Gasteiger partial charge on any atom is -0.374 e. The van der Waals surface area contributed by atoms with Crippen molar-refractivity contribution in [3.63, 3.8) is 0 Å². The van der Waals surface area contributed by atoms with Crippen molar-refractivity contribution in [1.29, 1.82) is 5.26 Å². The average Bonchev–Trinajstić information content (AvgIpc) is 2.48. The Labute approximate surface area is 126 Å². The molecule has 0 aromatic carbocycles. The molecule has 7 heteroatoms. The second-order valence-electron chi connectivity index (χ2n) is 5.06. The monoisotopic (exact) mass is 292 g/mol. The molecule has 0 amide bonds. The molecule has 1 heterocycles. The summed E-state index contributed by atoms with van der Waals surface area (Å²) < 4.78 is 5.35. The number of nitrogen functional groups attached to an aromatic ring is 1. The van der Waals surface area contributed by atoms with Gasteiger partial charge in [0.15, 0.2) is 5.82 Å². The van der Waals surface area contributed by atoms with Gasteiger partial charge in [0.2, 0.25) is 0 Å². The molecule has 0 unspecified atom stereocenters. The van der Waals surface area contributed by atoms with Crippen LogP contribution in [0.2, 0.25) is 0 Å². The number of nitriles is 1. The maximum absolute atomic E-state index is 8.81. The van der Waals surface area contributed by atoms with Crippen molar-refractivity contribution in [3.05, 3.63) is 11.9 Å². The number of aromatic nitrogens is 2. The van der Waals surface area contributed by atoms with E-state index >= 15 is 0 Å². The predicted octanol–water partition coefficient (Wildman–Crippen LogP) is 1.67. The van der Waals surface area contributed by atoms with Crippen molar-refractivity contribution in [1.82, 2.24) is 9.97 Å².